The summed E-state index contributed by atoms with van der Waals surface area (Å²) >= 11 is 0. The molecule has 166 valence electrons. The first-order chi connectivity index (χ1) is 15.8. The number of nitro benzene ring substituents is 1. The van der Waals surface area contributed by atoms with Crippen molar-refractivity contribution in [2.24, 2.45) is 0 Å². The first-order valence-electron chi connectivity index (χ1n) is 9.99. The fourth-order valence-corrected chi connectivity index (χ4v) is 3.51. The maximum absolute atomic E-state index is 14.5. The van der Waals surface area contributed by atoms with E-state index in [-0.39, 0.29) is 22.5 Å². The second-order valence-electron chi connectivity index (χ2n) is 7.27. The molecule has 1 N–H and O–H groups in total. The summed E-state index contributed by atoms with van der Waals surface area (Å²) in [5.74, 6) is -3.53. The summed E-state index contributed by atoms with van der Waals surface area (Å²) in [6, 6.07) is 14.6. The number of nitrogens with zero attached hydrogens (tertiary/aromatic N) is 2. The van der Waals surface area contributed by atoms with Crippen LogP contribution in [-0.4, -0.2) is 16.7 Å². The summed E-state index contributed by atoms with van der Waals surface area (Å²) in [6.07, 6.45) is 0.807. The molecular weight excluding hydrogens is 432 g/mol. The van der Waals surface area contributed by atoms with E-state index >= 15 is 0 Å². The maximum Gasteiger partial charge on any atom is 0.282 e. The van der Waals surface area contributed by atoms with Crippen LogP contribution in [0.2, 0.25) is 0 Å². The van der Waals surface area contributed by atoms with Crippen LogP contribution in [0.1, 0.15) is 18.1 Å². The Morgan fingerprint density at radius 2 is 1.61 bits per heavy atom. The maximum atomic E-state index is 14.5. The number of non-ortho nitro benzene ring substituents is 1. The molecule has 0 aromatic heterocycles. The van der Waals surface area contributed by atoms with Gasteiger partial charge in [0.05, 0.1) is 16.2 Å². The van der Waals surface area contributed by atoms with Gasteiger partial charge in [0.15, 0.2) is 0 Å². The lowest BCUT2D eigenvalue weighted by molar-refractivity contribution is -0.384. The average molecular weight is 449 g/mol. The third-order valence-corrected chi connectivity index (χ3v) is 5.23. The SMILES string of the molecule is CCc1ccc(NC2=C(c3ccc([N+](=O)[O-])cc3)C(=O)N(c3cc(F)ccc3F)C2=O)cc1. The van der Waals surface area contributed by atoms with Gasteiger partial charge in [0.25, 0.3) is 17.5 Å². The first kappa shape index (κ1) is 21.8. The minimum Gasteiger partial charge on any atom is -0.350 e. The Morgan fingerprint density at radius 1 is 0.939 bits per heavy atom. The number of nitrogens with one attached hydrogen (secondary N) is 1. The van der Waals surface area contributed by atoms with Crippen LogP contribution in [0.15, 0.2) is 72.4 Å². The summed E-state index contributed by atoms with van der Waals surface area (Å²) in [6.45, 7) is 1.99. The van der Waals surface area contributed by atoms with Gasteiger partial charge in [-0.1, -0.05) is 19.1 Å². The number of halogens is 2. The summed E-state index contributed by atoms with van der Waals surface area (Å²) in [5.41, 5.74) is 0.786. The number of rotatable bonds is 6. The topological polar surface area (TPSA) is 92.6 Å². The largest absolute Gasteiger partial charge is 0.350 e. The van der Waals surface area contributed by atoms with Crippen molar-refractivity contribution in [3.05, 3.63) is 105 Å². The van der Waals surface area contributed by atoms with Crippen molar-refractivity contribution in [3.8, 4) is 0 Å². The molecule has 0 bridgehead atoms. The van der Waals surface area contributed by atoms with Crippen LogP contribution in [0.4, 0.5) is 25.8 Å². The lowest BCUT2D eigenvalue weighted by Gasteiger charge is -2.16. The van der Waals surface area contributed by atoms with Gasteiger partial charge in [-0.25, -0.2) is 13.7 Å². The molecule has 9 heteroatoms. The van der Waals surface area contributed by atoms with E-state index in [2.05, 4.69) is 5.32 Å². The van der Waals surface area contributed by atoms with Gasteiger partial charge in [-0.05, 0) is 53.9 Å². The van der Waals surface area contributed by atoms with Gasteiger partial charge in [-0.15, -0.1) is 0 Å². The lowest BCUT2D eigenvalue weighted by atomic mass is 10.0. The molecule has 0 fully saturated rings. The third kappa shape index (κ3) is 4.08. The van der Waals surface area contributed by atoms with Crippen molar-refractivity contribution in [2.75, 3.05) is 10.2 Å². The van der Waals surface area contributed by atoms with E-state index in [4.69, 9.17) is 0 Å². The Hall–Kier alpha value is -4.40. The minimum atomic E-state index is -0.949. The second-order valence-corrected chi connectivity index (χ2v) is 7.27. The van der Waals surface area contributed by atoms with Crippen LogP contribution in [0, 0.1) is 21.7 Å². The standard InChI is InChI=1S/C24H17F2N3O4/c1-2-14-3-8-17(9-4-14)27-22-21(15-5-10-18(11-6-15)29(32)33)23(30)28(24(22)31)20-13-16(25)7-12-19(20)26/h3-13,27H,2H2,1H3. The van der Waals surface area contributed by atoms with E-state index in [0.29, 0.717) is 10.6 Å². The Labute approximate surface area is 187 Å². The molecule has 0 aliphatic carbocycles. The van der Waals surface area contributed by atoms with Crippen LogP contribution in [0.25, 0.3) is 5.57 Å². The molecule has 33 heavy (non-hydrogen) atoms. The average Bonchev–Trinajstić information content (AvgIpc) is 3.05. The number of imide groups is 1. The summed E-state index contributed by atoms with van der Waals surface area (Å²) in [7, 11) is 0. The van der Waals surface area contributed by atoms with Crippen molar-refractivity contribution in [1.29, 1.82) is 0 Å². The Morgan fingerprint density at radius 3 is 2.21 bits per heavy atom. The molecule has 0 spiro atoms. The molecule has 0 unspecified atom stereocenters. The van der Waals surface area contributed by atoms with Crippen molar-refractivity contribution in [3.63, 3.8) is 0 Å². The van der Waals surface area contributed by atoms with Crippen molar-refractivity contribution in [1.82, 2.24) is 0 Å². The molecule has 0 saturated heterocycles. The predicted molar refractivity (Wildman–Crippen MR) is 118 cm³/mol. The summed E-state index contributed by atoms with van der Waals surface area (Å²) < 4.78 is 28.3. The van der Waals surface area contributed by atoms with E-state index in [9.17, 15) is 28.5 Å². The summed E-state index contributed by atoms with van der Waals surface area (Å²) in [5, 5.41) is 13.9. The van der Waals surface area contributed by atoms with Crippen molar-refractivity contribution < 1.29 is 23.3 Å². The number of carbonyl (C=O) groups is 2. The number of aryl methyl sites for hydroxylation is 1. The zero-order valence-electron chi connectivity index (χ0n) is 17.3. The highest BCUT2D eigenvalue weighted by Crippen LogP contribution is 2.35. The lowest BCUT2D eigenvalue weighted by Crippen LogP contribution is -2.33. The molecule has 1 heterocycles. The number of hydrogen-bond donors (Lipinski definition) is 1. The Bertz CT molecular complexity index is 1300. The van der Waals surface area contributed by atoms with E-state index in [1.807, 2.05) is 19.1 Å². The van der Waals surface area contributed by atoms with Gasteiger partial charge in [0.1, 0.15) is 17.3 Å². The normalized spacial score (nSPS) is 13.6. The summed E-state index contributed by atoms with van der Waals surface area (Å²) in [4.78, 5) is 37.5. The number of nitro groups is 1. The van der Waals surface area contributed by atoms with Crippen LogP contribution >= 0.6 is 0 Å². The molecule has 3 aromatic carbocycles. The highest BCUT2D eigenvalue weighted by atomic mass is 19.1. The molecule has 2 amide bonds. The zero-order chi connectivity index (χ0) is 23.7. The van der Waals surface area contributed by atoms with Gasteiger partial charge < -0.3 is 5.32 Å². The highest BCUT2D eigenvalue weighted by Gasteiger charge is 2.41. The van der Waals surface area contributed by atoms with Gasteiger partial charge in [-0.2, -0.15) is 0 Å². The Kier molecular flexibility index (Phi) is 5.70. The number of hydrogen-bond acceptors (Lipinski definition) is 5. The Balaban J connectivity index is 1.82. The fraction of sp³-hybridized carbons (Fsp3) is 0.0833. The predicted octanol–water partition coefficient (Wildman–Crippen LogP) is 4.83. The fourth-order valence-electron chi connectivity index (χ4n) is 3.51. The molecule has 7 nitrogen and oxygen atoms in total. The van der Waals surface area contributed by atoms with E-state index < -0.39 is 34.1 Å². The number of carbonyl (C=O) groups excluding carboxylic acids is 2. The minimum absolute atomic E-state index is 0.113. The molecule has 4 rings (SSSR count). The van der Waals surface area contributed by atoms with Crippen LogP contribution in [0.5, 0.6) is 0 Å². The molecule has 0 saturated carbocycles. The van der Waals surface area contributed by atoms with Gasteiger partial charge >= 0.3 is 0 Å². The smallest absolute Gasteiger partial charge is 0.282 e. The van der Waals surface area contributed by atoms with Gasteiger partial charge in [0, 0.05) is 23.9 Å². The number of benzene rings is 3. The van der Waals surface area contributed by atoms with Gasteiger partial charge in [-0.3, -0.25) is 19.7 Å². The number of amides is 2. The quantitative estimate of drug-likeness (QED) is 0.331. The highest BCUT2D eigenvalue weighted by molar-refractivity contribution is 6.46. The molecule has 0 atom stereocenters. The second kappa shape index (κ2) is 8.62. The van der Waals surface area contributed by atoms with Crippen molar-refractivity contribution in [2.45, 2.75) is 13.3 Å². The third-order valence-electron chi connectivity index (χ3n) is 5.23. The zero-order valence-corrected chi connectivity index (χ0v) is 17.3. The van der Waals surface area contributed by atoms with Crippen LogP contribution < -0.4 is 10.2 Å². The van der Waals surface area contributed by atoms with E-state index in [1.165, 1.54) is 24.3 Å². The molecule has 3 aromatic rings. The molecule has 1 aliphatic rings. The monoisotopic (exact) mass is 449 g/mol. The number of anilines is 2. The molecular formula is C24H17F2N3O4. The van der Waals surface area contributed by atoms with E-state index in [1.54, 1.807) is 12.1 Å². The van der Waals surface area contributed by atoms with Gasteiger partial charge in [0.2, 0.25) is 0 Å². The van der Waals surface area contributed by atoms with E-state index in [0.717, 1.165) is 30.2 Å². The van der Waals surface area contributed by atoms with Crippen LogP contribution in [0.3, 0.4) is 0 Å². The van der Waals surface area contributed by atoms with Crippen molar-refractivity contribution >= 4 is 34.4 Å². The first-order valence-corrected chi connectivity index (χ1v) is 9.99. The van der Waals surface area contributed by atoms with Crippen LogP contribution in [-0.2, 0) is 16.0 Å². The molecule has 0 radical (unpaired) electrons. The molecule has 1 aliphatic heterocycles.